The summed E-state index contributed by atoms with van der Waals surface area (Å²) < 4.78 is 24.4. The van der Waals surface area contributed by atoms with Gasteiger partial charge in [0.2, 0.25) is 0 Å². The maximum atomic E-state index is 11.1. The molecule has 1 aromatic rings. The molecule has 1 aromatic carbocycles. The average molecular weight is 255 g/mol. The van der Waals surface area contributed by atoms with Crippen molar-refractivity contribution in [3.05, 3.63) is 29.8 Å². The third kappa shape index (κ3) is 2.51. The number of hydrogen-bond donors (Lipinski definition) is 1. The molecule has 0 saturated carbocycles. The van der Waals surface area contributed by atoms with Crippen molar-refractivity contribution < 1.29 is 8.42 Å². The molecule has 0 unspecified atom stereocenters. The minimum Gasteiger partial charge on any atom is -0.187 e. The van der Waals surface area contributed by atoms with Crippen LogP contribution in [-0.4, -0.2) is 8.42 Å². The minimum atomic E-state index is -3.85. The Bertz CT molecular complexity index is 404. The Morgan fingerprint density at radius 1 is 1.29 bits per heavy atom. The molecule has 0 atom stereocenters. The summed E-state index contributed by atoms with van der Waals surface area (Å²) in [7, 11) is -3.85. The van der Waals surface area contributed by atoms with Gasteiger partial charge in [0, 0.05) is 11.8 Å². The molecule has 0 radical (unpaired) electrons. The molecular formula is C7H8Cl2N2O2S. The Balaban J connectivity index is 3.01. The Morgan fingerprint density at radius 2 is 1.79 bits per heavy atom. The minimum absolute atomic E-state index is 0.324. The number of aryl methyl sites for hydroxylation is 1. The molecule has 4 nitrogen and oxygen atoms in total. The van der Waals surface area contributed by atoms with Crippen LogP contribution in [-0.2, 0) is 10.2 Å². The number of nitrogens with one attached hydrogen (secondary N) is 1. The first-order valence-corrected chi connectivity index (χ1v) is 5.78. The van der Waals surface area contributed by atoms with E-state index in [-0.39, 0.29) is 0 Å². The van der Waals surface area contributed by atoms with Crippen LogP contribution in [0.2, 0.25) is 0 Å². The third-order valence-electron chi connectivity index (χ3n) is 1.55. The standard InChI is InChI=1S/C7H8Cl2N2O2S/c1-6-2-4-7(5-3-6)11(9)14(12,13)10-8/h2-5,10H,1H3. The molecule has 1 N–H and O–H groups in total. The fourth-order valence-electron chi connectivity index (χ4n) is 0.831. The molecule has 0 aliphatic heterocycles. The highest BCUT2D eigenvalue weighted by Crippen LogP contribution is 2.20. The van der Waals surface area contributed by atoms with Crippen LogP contribution in [0.3, 0.4) is 0 Å². The van der Waals surface area contributed by atoms with Gasteiger partial charge in [-0.05, 0) is 30.8 Å². The number of rotatable bonds is 3. The maximum absolute atomic E-state index is 11.1. The van der Waals surface area contributed by atoms with Gasteiger partial charge in [0.15, 0.2) is 0 Å². The fourth-order valence-corrected chi connectivity index (χ4v) is 1.82. The van der Waals surface area contributed by atoms with E-state index in [2.05, 4.69) is 0 Å². The SMILES string of the molecule is Cc1ccc(N(Cl)S(=O)(=O)NCl)cc1. The molecule has 14 heavy (non-hydrogen) atoms. The topological polar surface area (TPSA) is 49.4 Å². The predicted molar refractivity (Wildman–Crippen MR) is 57.4 cm³/mol. The Labute approximate surface area is 92.8 Å². The Morgan fingerprint density at radius 3 is 2.21 bits per heavy atom. The van der Waals surface area contributed by atoms with Crippen LogP contribution in [0.1, 0.15) is 5.56 Å². The summed E-state index contributed by atoms with van der Waals surface area (Å²) in [6.07, 6.45) is 0. The first kappa shape index (κ1) is 11.6. The summed E-state index contributed by atoms with van der Waals surface area (Å²) in [5.41, 5.74) is 1.33. The van der Waals surface area contributed by atoms with Crippen LogP contribution in [0.25, 0.3) is 0 Å². The number of nitrogens with zero attached hydrogens (tertiary/aromatic N) is 1. The number of anilines is 1. The number of hydrogen-bond acceptors (Lipinski definition) is 2. The van der Waals surface area contributed by atoms with Crippen molar-refractivity contribution in [3.63, 3.8) is 0 Å². The third-order valence-corrected chi connectivity index (χ3v) is 3.70. The van der Waals surface area contributed by atoms with Crippen LogP contribution in [0.4, 0.5) is 5.69 Å². The van der Waals surface area contributed by atoms with Gasteiger partial charge in [0.1, 0.15) is 0 Å². The highest BCUT2D eigenvalue weighted by atomic mass is 35.5. The maximum Gasteiger partial charge on any atom is 0.329 e. The summed E-state index contributed by atoms with van der Waals surface area (Å²) in [5.74, 6) is 0. The van der Waals surface area contributed by atoms with Crippen LogP contribution >= 0.6 is 23.6 Å². The fraction of sp³-hybridized carbons (Fsp3) is 0.143. The van der Waals surface area contributed by atoms with E-state index in [9.17, 15) is 8.42 Å². The molecule has 0 bridgehead atoms. The van der Waals surface area contributed by atoms with Gasteiger partial charge in [0.25, 0.3) is 0 Å². The molecule has 1 rings (SSSR count). The molecule has 0 heterocycles. The first-order valence-electron chi connectivity index (χ1n) is 3.62. The lowest BCUT2D eigenvalue weighted by Gasteiger charge is -2.13. The molecule has 7 heteroatoms. The summed E-state index contributed by atoms with van der Waals surface area (Å²) in [4.78, 5) is 0. The summed E-state index contributed by atoms with van der Waals surface area (Å²) in [5, 5.41) is 0. The van der Waals surface area contributed by atoms with E-state index in [0.29, 0.717) is 9.51 Å². The normalized spacial score (nSPS) is 11.4. The van der Waals surface area contributed by atoms with Crippen LogP contribution in [0.5, 0.6) is 0 Å². The Kier molecular flexibility index (Phi) is 3.60. The van der Waals surface area contributed by atoms with Crippen molar-refractivity contribution >= 4 is 39.5 Å². The second-order valence-electron chi connectivity index (χ2n) is 2.63. The molecule has 78 valence electrons. The van der Waals surface area contributed by atoms with E-state index in [1.807, 2.05) is 6.92 Å². The van der Waals surface area contributed by atoms with E-state index in [1.54, 1.807) is 28.5 Å². The molecule has 0 aromatic heterocycles. The second-order valence-corrected chi connectivity index (χ2v) is 5.10. The van der Waals surface area contributed by atoms with Crippen LogP contribution < -0.4 is 8.07 Å². The second kappa shape index (κ2) is 4.35. The zero-order valence-electron chi connectivity index (χ0n) is 7.24. The summed E-state index contributed by atoms with van der Waals surface area (Å²) in [6, 6.07) is 6.64. The van der Waals surface area contributed by atoms with Gasteiger partial charge in [-0.1, -0.05) is 17.7 Å². The molecule has 0 saturated heterocycles. The summed E-state index contributed by atoms with van der Waals surface area (Å²) >= 11 is 10.6. The monoisotopic (exact) mass is 254 g/mol. The van der Waals surface area contributed by atoms with Crippen molar-refractivity contribution in [1.29, 1.82) is 0 Å². The molecule has 0 fully saturated rings. The number of halogens is 2. The lowest BCUT2D eigenvalue weighted by molar-refractivity contribution is 0.596. The Hall–Kier alpha value is -0.490. The number of benzene rings is 1. The van der Waals surface area contributed by atoms with Gasteiger partial charge in [-0.3, -0.25) is 0 Å². The zero-order chi connectivity index (χ0) is 10.8. The summed E-state index contributed by atoms with van der Waals surface area (Å²) in [6.45, 7) is 1.89. The highest BCUT2D eigenvalue weighted by Gasteiger charge is 2.18. The van der Waals surface area contributed by atoms with E-state index < -0.39 is 10.2 Å². The molecule has 0 aliphatic carbocycles. The predicted octanol–water partition coefficient (Wildman–Crippen LogP) is 1.94. The van der Waals surface area contributed by atoms with E-state index in [0.717, 1.165) is 5.56 Å². The molecule has 0 aliphatic rings. The van der Waals surface area contributed by atoms with Gasteiger partial charge >= 0.3 is 10.2 Å². The van der Waals surface area contributed by atoms with Gasteiger partial charge in [0.05, 0.1) is 5.69 Å². The smallest absolute Gasteiger partial charge is 0.187 e. The van der Waals surface area contributed by atoms with Crippen LogP contribution in [0.15, 0.2) is 24.3 Å². The van der Waals surface area contributed by atoms with Gasteiger partial charge in [-0.2, -0.15) is 12.2 Å². The van der Waals surface area contributed by atoms with Gasteiger partial charge < -0.3 is 0 Å². The van der Waals surface area contributed by atoms with Crippen molar-refractivity contribution in [2.75, 3.05) is 3.82 Å². The van der Waals surface area contributed by atoms with Gasteiger partial charge in [-0.15, -0.1) is 4.24 Å². The molecule has 0 amide bonds. The first-order chi connectivity index (χ1) is 6.47. The van der Waals surface area contributed by atoms with Crippen molar-refractivity contribution in [3.8, 4) is 0 Å². The van der Waals surface area contributed by atoms with Crippen LogP contribution in [0, 0.1) is 6.92 Å². The zero-order valence-corrected chi connectivity index (χ0v) is 9.57. The van der Waals surface area contributed by atoms with E-state index in [1.165, 1.54) is 0 Å². The van der Waals surface area contributed by atoms with Gasteiger partial charge in [-0.25, -0.2) is 0 Å². The van der Waals surface area contributed by atoms with Crippen molar-refractivity contribution in [1.82, 2.24) is 4.24 Å². The lowest BCUT2D eigenvalue weighted by atomic mass is 10.2. The lowest BCUT2D eigenvalue weighted by Crippen LogP contribution is -2.29. The average Bonchev–Trinajstić information content (AvgIpc) is 2.18. The van der Waals surface area contributed by atoms with E-state index in [4.69, 9.17) is 23.6 Å². The largest absolute Gasteiger partial charge is 0.329 e. The quantitative estimate of drug-likeness (QED) is 0.839. The highest BCUT2D eigenvalue weighted by molar-refractivity contribution is 7.93. The molecule has 0 spiro atoms. The van der Waals surface area contributed by atoms with Crippen molar-refractivity contribution in [2.24, 2.45) is 0 Å². The molecular weight excluding hydrogens is 247 g/mol. The van der Waals surface area contributed by atoms with Crippen molar-refractivity contribution in [2.45, 2.75) is 6.92 Å². The van der Waals surface area contributed by atoms with E-state index >= 15 is 0 Å².